The predicted octanol–water partition coefficient (Wildman–Crippen LogP) is 3.34. The van der Waals surface area contributed by atoms with Gasteiger partial charge in [0, 0.05) is 20.6 Å². The quantitative estimate of drug-likeness (QED) is 0.311. The number of carbonyl (C=O) groups is 1. The van der Waals surface area contributed by atoms with E-state index < -0.39 is 5.97 Å². The van der Waals surface area contributed by atoms with Crippen LogP contribution in [-0.2, 0) is 17.8 Å². The Morgan fingerprint density at radius 3 is 2.73 bits per heavy atom. The second-order valence-corrected chi connectivity index (χ2v) is 5.56. The van der Waals surface area contributed by atoms with Crippen LogP contribution in [0.2, 0.25) is 0 Å². The molecule has 6 nitrogen and oxygen atoms in total. The molecule has 0 atom stereocenters. The van der Waals surface area contributed by atoms with Gasteiger partial charge in [-0.2, -0.15) is 0 Å². The number of nitrogens with one attached hydrogen (secondary N) is 1. The van der Waals surface area contributed by atoms with E-state index in [1.807, 2.05) is 18.0 Å². The number of esters is 1. The van der Waals surface area contributed by atoms with Gasteiger partial charge in [0.2, 0.25) is 0 Å². The van der Waals surface area contributed by atoms with Crippen molar-refractivity contribution >= 4 is 35.9 Å². The number of guanidine groups is 1. The number of aryl methyl sites for hydroxylation is 1. The first kappa shape index (κ1) is 21.9. The van der Waals surface area contributed by atoms with Crippen LogP contribution in [0.25, 0.3) is 0 Å². The number of aliphatic imine (C=N–C) groups is 1. The zero-order chi connectivity index (χ0) is 18.4. The van der Waals surface area contributed by atoms with E-state index in [1.165, 1.54) is 19.2 Å². The molecule has 0 saturated heterocycles. The SMILES string of the molecule is CN=C(NCc1cc(C(=O)OC)c(C)o1)N(C)Cc1cccc(F)c1.I. The number of benzene rings is 1. The summed E-state index contributed by atoms with van der Waals surface area (Å²) in [7, 11) is 4.85. The van der Waals surface area contributed by atoms with Crippen molar-refractivity contribution in [3.8, 4) is 0 Å². The van der Waals surface area contributed by atoms with Crippen LogP contribution in [0.3, 0.4) is 0 Å². The monoisotopic (exact) mass is 475 g/mol. The molecule has 0 amide bonds. The molecule has 2 aromatic rings. The number of nitrogens with zero attached hydrogens (tertiary/aromatic N) is 2. The lowest BCUT2D eigenvalue weighted by Crippen LogP contribution is -2.38. The van der Waals surface area contributed by atoms with Crippen LogP contribution in [0.15, 0.2) is 39.7 Å². The van der Waals surface area contributed by atoms with Crippen LogP contribution in [0.5, 0.6) is 0 Å². The van der Waals surface area contributed by atoms with Gasteiger partial charge in [0.25, 0.3) is 0 Å². The number of methoxy groups -OCH3 is 1. The highest BCUT2D eigenvalue weighted by atomic mass is 127. The Hall–Kier alpha value is -2.10. The maximum Gasteiger partial charge on any atom is 0.341 e. The zero-order valence-corrected chi connectivity index (χ0v) is 17.5. The molecule has 0 aliphatic rings. The van der Waals surface area contributed by atoms with Gasteiger partial charge in [0.05, 0.1) is 13.7 Å². The number of ether oxygens (including phenoxy) is 1. The van der Waals surface area contributed by atoms with Crippen molar-refractivity contribution in [1.29, 1.82) is 0 Å². The third-order valence-corrected chi connectivity index (χ3v) is 3.68. The van der Waals surface area contributed by atoms with Gasteiger partial charge in [-0.3, -0.25) is 4.99 Å². The van der Waals surface area contributed by atoms with E-state index in [9.17, 15) is 9.18 Å². The van der Waals surface area contributed by atoms with Gasteiger partial charge in [-0.05, 0) is 30.7 Å². The summed E-state index contributed by atoms with van der Waals surface area (Å²) in [5, 5.41) is 3.15. The summed E-state index contributed by atoms with van der Waals surface area (Å²) >= 11 is 0. The molecule has 0 aliphatic carbocycles. The molecular weight excluding hydrogens is 452 g/mol. The van der Waals surface area contributed by atoms with Gasteiger partial charge in [-0.1, -0.05) is 12.1 Å². The molecule has 0 aliphatic heterocycles. The van der Waals surface area contributed by atoms with Gasteiger partial charge in [0.15, 0.2) is 5.96 Å². The fraction of sp³-hybridized carbons (Fsp3) is 0.333. The Morgan fingerprint density at radius 2 is 2.12 bits per heavy atom. The lowest BCUT2D eigenvalue weighted by atomic mass is 10.2. The fourth-order valence-electron chi connectivity index (χ4n) is 2.48. The molecule has 0 spiro atoms. The molecule has 0 unspecified atom stereocenters. The maximum absolute atomic E-state index is 13.3. The van der Waals surface area contributed by atoms with E-state index in [2.05, 4.69) is 10.3 Å². The van der Waals surface area contributed by atoms with Crippen molar-refractivity contribution < 1.29 is 18.3 Å². The molecule has 0 radical (unpaired) electrons. The van der Waals surface area contributed by atoms with Crippen molar-refractivity contribution in [3.05, 3.63) is 58.8 Å². The summed E-state index contributed by atoms with van der Waals surface area (Å²) in [4.78, 5) is 17.7. The Labute approximate surface area is 169 Å². The van der Waals surface area contributed by atoms with Crippen molar-refractivity contribution in [2.24, 2.45) is 4.99 Å². The second-order valence-electron chi connectivity index (χ2n) is 5.56. The van der Waals surface area contributed by atoms with Crippen molar-refractivity contribution in [3.63, 3.8) is 0 Å². The maximum atomic E-state index is 13.3. The molecule has 1 heterocycles. The molecule has 1 aromatic heterocycles. The summed E-state index contributed by atoms with van der Waals surface area (Å²) in [5.74, 6) is 1.03. The Kier molecular flexibility index (Phi) is 8.56. The standard InChI is InChI=1S/C18H22FN3O3.HI/c1-12-16(17(23)24-4)9-15(25-12)10-21-18(20-2)22(3)11-13-6-5-7-14(19)8-13;/h5-9H,10-11H2,1-4H3,(H,20,21);1H. The third-order valence-electron chi connectivity index (χ3n) is 3.68. The normalized spacial score (nSPS) is 10.9. The van der Waals surface area contributed by atoms with Crippen LogP contribution >= 0.6 is 24.0 Å². The highest BCUT2D eigenvalue weighted by Gasteiger charge is 2.16. The van der Waals surface area contributed by atoms with Crippen LogP contribution in [-0.4, -0.2) is 38.0 Å². The van der Waals surface area contributed by atoms with E-state index >= 15 is 0 Å². The molecule has 8 heteroatoms. The highest BCUT2D eigenvalue weighted by molar-refractivity contribution is 14.0. The summed E-state index contributed by atoms with van der Waals surface area (Å²) in [6, 6.07) is 8.07. The average Bonchev–Trinajstić information content (AvgIpc) is 2.95. The first-order valence-electron chi connectivity index (χ1n) is 7.78. The van der Waals surface area contributed by atoms with Gasteiger partial charge < -0.3 is 19.4 Å². The van der Waals surface area contributed by atoms with E-state index in [4.69, 9.17) is 9.15 Å². The number of carbonyl (C=O) groups excluding carboxylic acids is 1. The first-order chi connectivity index (χ1) is 11.9. The van der Waals surface area contributed by atoms with E-state index in [1.54, 1.807) is 26.1 Å². The molecule has 26 heavy (non-hydrogen) atoms. The Balaban J connectivity index is 0.00000338. The number of hydrogen-bond acceptors (Lipinski definition) is 4. The average molecular weight is 475 g/mol. The first-order valence-corrected chi connectivity index (χ1v) is 7.78. The number of rotatable bonds is 5. The van der Waals surface area contributed by atoms with Gasteiger partial charge in [-0.15, -0.1) is 24.0 Å². The molecule has 142 valence electrons. The van der Waals surface area contributed by atoms with Gasteiger partial charge in [0.1, 0.15) is 22.9 Å². The Morgan fingerprint density at radius 1 is 1.38 bits per heavy atom. The fourth-order valence-corrected chi connectivity index (χ4v) is 2.48. The summed E-state index contributed by atoms with van der Waals surface area (Å²) < 4.78 is 23.6. The molecule has 2 rings (SSSR count). The van der Waals surface area contributed by atoms with E-state index in [-0.39, 0.29) is 29.8 Å². The lowest BCUT2D eigenvalue weighted by Gasteiger charge is -2.21. The largest absolute Gasteiger partial charge is 0.465 e. The number of furan rings is 1. The van der Waals surface area contributed by atoms with E-state index in [0.29, 0.717) is 36.1 Å². The number of halogens is 2. The molecule has 1 aromatic carbocycles. The zero-order valence-electron chi connectivity index (χ0n) is 15.2. The van der Waals surface area contributed by atoms with Crippen molar-refractivity contribution in [2.45, 2.75) is 20.0 Å². The van der Waals surface area contributed by atoms with Crippen molar-refractivity contribution in [2.75, 3.05) is 21.2 Å². The summed E-state index contributed by atoms with van der Waals surface area (Å²) in [6.45, 7) is 2.57. The van der Waals surface area contributed by atoms with E-state index in [0.717, 1.165) is 5.56 Å². The smallest absolute Gasteiger partial charge is 0.341 e. The predicted molar refractivity (Wildman–Crippen MR) is 108 cm³/mol. The molecule has 1 N–H and O–H groups in total. The molecule has 0 bridgehead atoms. The van der Waals surface area contributed by atoms with Crippen LogP contribution < -0.4 is 5.32 Å². The minimum Gasteiger partial charge on any atom is -0.465 e. The summed E-state index contributed by atoms with van der Waals surface area (Å²) in [5.41, 5.74) is 1.25. The third kappa shape index (κ3) is 5.72. The molecule has 0 saturated carbocycles. The number of hydrogen-bond donors (Lipinski definition) is 1. The van der Waals surface area contributed by atoms with Crippen LogP contribution in [0.1, 0.15) is 27.4 Å². The highest BCUT2D eigenvalue weighted by Crippen LogP contribution is 2.15. The van der Waals surface area contributed by atoms with Gasteiger partial charge in [-0.25, -0.2) is 9.18 Å². The summed E-state index contributed by atoms with van der Waals surface area (Å²) in [6.07, 6.45) is 0. The van der Waals surface area contributed by atoms with Gasteiger partial charge >= 0.3 is 5.97 Å². The minimum absolute atomic E-state index is 0. The topological polar surface area (TPSA) is 67.1 Å². The molecule has 0 fully saturated rings. The second kappa shape index (κ2) is 10.1. The lowest BCUT2D eigenvalue weighted by molar-refractivity contribution is 0.0599. The van der Waals surface area contributed by atoms with Crippen molar-refractivity contribution in [1.82, 2.24) is 10.2 Å². The van der Waals surface area contributed by atoms with Crippen LogP contribution in [0.4, 0.5) is 4.39 Å². The van der Waals surface area contributed by atoms with Crippen LogP contribution in [0, 0.1) is 12.7 Å². The molecular formula is C18H23FIN3O3. The Bertz CT molecular complexity index is 777. The minimum atomic E-state index is -0.430.